The molecule has 2 fully saturated rings. The number of benzene rings is 2. The Morgan fingerprint density at radius 3 is 2.66 bits per heavy atom. The summed E-state index contributed by atoms with van der Waals surface area (Å²) in [5.74, 6) is 1.61. The van der Waals surface area contributed by atoms with Crippen LogP contribution >= 0.6 is 23.4 Å². The van der Waals surface area contributed by atoms with Crippen LogP contribution in [0.1, 0.15) is 41.4 Å². The third kappa shape index (κ3) is 6.79. The first-order chi connectivity index (χ1) is 18.6. The number of aryl methyl sites for hydroxylation is 1. The van der Waals surface area contributed by atoms with E-state index in [0.29, 0.717) is 17.9 Å². The SMILES string of the molecule is CCc1cc(N2CCN(c3ccccc3Cl)CC2)nc(SCc2cccc(C(=O)NCC3CCCO3)c2)n1. The van der Waals surface area contributed by atoms with Crippen LogP contribution < -0.4 is 15.1 Å². The van der Waals surface area contributed by atoms with Gasteiger partial charge in [-0.1, -0.05) is 54.6 Å². The third-order valence-electron chi connectivity index (χ3n) is 6.98. The number of para-hydroxylation sites is 1. The minimum Gasteiger partial charge on any atom is -0.376 e. The fraction of sp³-hybridized carbons (Fsp3) is 0.414. The van der Waals surface area contributed by atoms with E-state index < -0.39 is 0 Å². The third-order valence-corrected chi connectivity index (χ3v) is 8.21. The van der Waals surface area contributed by atoms with E-state index in [-0.39, 0.29) is 12.0 Å². The van der Waals surface area contributed by atoms with E-state index in [1.54, 1.807) is 11.8 Å². The van der Waals surface area contributed by atoms with Crippen molar-refractivity contribution in [2.75, 3.05) is 49.1 Å². The van der Waals surface area contributed by atoms with E-state index >= 15 is 0 Å². The van der Waals surface area contributed by atoms with Crippen LogP contribution in [0.2, 0.25) is 5.02 Å². The standard InChI is InChI=1S/C29H34ClN5O2S/c1-2-23-18-27(35-14-12-34(13-15-35)26-11-4-3-10-25(26)30)33-29(32-23)38-20-21-7-5-8-22(17-21)28(36)31-19-24-9-6-16-37-24/h3-5,7-8,10-11,17-18,24H,2,6,9,12-16,19-20H2,1H3,(H,31,36). The van der Waals surface area contributed by atoms with Crippen molar-refractivity contribution < 1.29 is 9.53 Å². The van der Waals surface area contributed by atoms with Crippen LogP contribution in [-0.2, 0) is 16.9 Å². The zero-order valence-corrected chi connectivity index (χ0v) is 23.3. The Morgan fingerprint density at radius 1 is 1.08 bits per heavy atom. The van der Waals surface area contributed by atoms with Crippen molar-refractivity contribution in [1.82, 2.24) is 15.3 Å². The highest BCUT2D eigenvalue weighted by Crippen LogP contribution is 2.28. The van der Waals surface area contributed by atoms with Gasteiger partial charge in [-0.05, 0) is 49.1 Å². The lowest BCUT2D eigenvalue weighted by Gasteiger charge is -2.37. The van der Waals surface area contributed by atoms with Crippen LogP contribution in [0.5, 0.6) is 0 Å². The Kier molecular flexibility index (Phi) is 9.04. The normalized spacial score (nSPS) is 17.6. The molecule has 5 rings (SSSR count). The van der Waals surface area contributed by atoms with Gasteiger partial charge in [0, 0.05) is 62.4 Å². The molecule has 1 N–H and O–H groups in total. The van der Waals surface area contributed by atoms with Gasteiger partial charge in [0.2, 0.25) is 0 Å². The predicted octanol–water partition coefficient (Wildman–Crippen LogP) is 5.22. The van der Waals surface area contributed by atoms with Gasteiger partial charge in [0.1, 0.15) is 5.82 Å². The molecule has 2 aliphatic heterocycles. The second-order valence-electron chi connectivity index (χ2n) is 9.61. The molecule has 1 atom stereocenters. The number of hydrogen-bond donors (Lipinski definition) is 1. The number of nitrogens with one attached hydrogen (secondary N) is 1. The molecule has 0 bridgehead atoms. The molecule has 2 aliphatic rings. The molecular weight excluding hydrogens is 518 g/mol. The number of piperazine rings is 1. The highest BCUT2D eigenvalue weighted by Gasteiger charge is 2.21. The molecule has 1 aromatic heterocycles. The zero-order valence-electron chi connectivity index (χ0n) is 21.7. The number of thioether (sulfide) groups is 1. The molecule has 2 aromatic carbocycles. The number of halogens is 1. The first kappa shape index (κ1) is 26.8. The van der Waals surface area contributed by atoms with Crippen LogP contribution in [0.25, 0.3) is 0 Å². The van der Waals surface area contributed by atoms with Crippen molar-refractivity contribution in [3.05, 3.63) is 76.4 Å². The van der Waals surface area contributed by atoms with Crippen LogP contribution in [0.3, 0.4) is 0 Å². The maximum Gasteiger partial charge on any atom is 0.251 e. The summed E-state index contributed by atoms with van der Waals surface area (Å²) in [5.41, 5.74) is 3.86. The second kappa shape index (κ2) is 12.8. The number of anilines is 2. The maximum absolute atomic E-state index is 12.6. The van der Waals surface area contributed by atoms with Gasteiger partial charge in [-0.2, -0.15) is 0 Å². The summed E-state index contributed by atoms with van der Waals surface area (Å²) in [5, 5.41) is 4.56. The van der Waals surface area contributed by atoms with E-state index in [9.17, 15) is 4.79 Å². The molecule has 0 spiro atoms. The van der Waals surface area contributed by atoms with Crippen LogP contribution in [0.4, 0.5) is 11.5 Å². The molecule has 9 heteroatoms. The van der Waals surface area contributed by atoms with Crippen molar-refractivity contribution in [2.24, 2.45) is 0 Å². The van der Waals surface area contributed by atoms with Gasteiger partial charge in [-0.25, -0.2) is 9.97 Å². The summed E-state index contributed by atoms with van der Waals surface area (Å²) in [6.07, 6.45) is 3.05. The van der Waals surface area contributed by atoms with Crippen molar-refractivity contribution in [2.45, 2.75) is 43.2 Å². The van der Waals surface area contributed by atoms with Gasteiger partial charge in [0.05, 0.1) is 16.8 Å². The number of nitrogens with zero attached hydrogens (tertiary/aromatic N) is 4. The predicted molar refractivity (Wildman–Crippen MR) is 155 cm³/mol. The van der Waals surface area contributed by atoms with Crippen LogP contribution in [0.15, 0.2) is 59.8 Å². The van der Waals surface area contributed by atoms with Crippen LogP contribution in [0, 0.1) is 0 Å². The van der Waals surface area contributed by atoms with Gasteiger partial charge >= 0.3 is 0 Å². The summed E-state index contributed by atoms with van der Waals surface area (Å²) < 4.78 is 5.61. The fourth-order valence-electron chi connectivity index (χ4n) is 4.82. The number of carbonyl (C=O) groups excluding carboxylic acids is 1. The molecule has 2 saturated heterocycles. The highest BCUT2D eigenvalue weighted by molar-refractivity contribution is 7.98. The van der Waals surface area contributed by atoms with Gasteiger partial charge in [0.15, 0.2) is 5.16 Å². The largest absolute Gasteiger partial charge is 0.376 e. The monoisotopic (exact) mass is 551 g/mol. The quantitative estimate of drug-likeness (QED) is 0.289. The lowest BCUT2D eigenvalue weighted by molar-refractivity contribution is 0.0857. The lowest BCUT2D eigenvalue weighted by atomic mass is 10.1. The first-order valence-corrected chi connectivity index (χ1v) is 14.7. The average Bonchev–Trinajstić information content (AvgIpc) is 3.49. The van der Waals surface area contributed by atoms with Crippen molar-refractivity contribution in [3.8, 4) is 0 Å². The van der Waals surface area contributed by atoms with E-state index in [4.69, 9.17) is 26.3 Å². The van der Waals surface area contributed by atoms with Crippen molar-refractivity contribution in [1.29, 1.82) is 0 Å². The summed E-state index contributed by atoms with van der Waals surface area (Å²) in [7, 11) is 0. The average molecular weight is 552 g/mol. The first-order valence-electron chi connectivity index (χ1n) is 13.3. The number of amides is 1. The van der Waals surface area contributed by atoms with Crippen molar-refractivity contribution in [3.63, 3.8) is 0 Å². The van der Waals surface area contributed by atoms with E-state index in [1.807, 2.05) is 42.5 Å². The molecule has 0 aliphatic carbocycles. The smallest absolute Gasteiger partial charge is 0.251 e. The molecule has 0 saturated carbocycles. The van der Waals surface area contributed by atoms with E-state index in [1.165, 1.54) is 0 Å². The minimum atomic E-state index is -0.0604. The van der Waals surface area contributed by atoms with Crippen LogP contribution in [-0.4, -0.2) is 61.3 Å². The van der Waals surface area contributed by atoms with E-state index in [2.05, 4.69) is 34.2 Å². The molecule has 1 unspecified atom stereocenters. The molecule has 0 radical (unpaired) electrons. The second-order valence-corrected chi connectivity index (χ2v) is 11.0. The molecule has 38 heavy (non-hydrogen) atoms. The van der Waals surface area contributed by atoms with E-state index in [0.717, 1.165) is 85.0 Å². The van der Waals surface area contributed by atoms with Crippen molar-refractivity contribution >= 4 is 40.8 Å². The lowest BCUT2D eigenvalue weighted by Crippen LogP contribution is -2.47. The number of ether oxygens (including phenoxy) is 1. The van der Waals surface area contributed by atoms with Gasteiger partial charge in [0.25, 0.3) is 5.91 Å². The number of carbonyl (C=O) groups is 1. The molecular formula is C29H34ClN5O2S. The Morgan fingerprint density at radius 2 is 1.89 bits per heavy atom. The Labute approximate surface area is 233 Å². The Balaban J connectivity index is 1.20. The molecule has 3 aromatic rings. The van der Waals surface area contributed by atoms with Gasteiger partial charge in [-0.15, -0.1) is 0 Å². The Bertz CT molecular complexity index is 1250. The summed E-state index contributed by atoms with van der Waals surface area (Å²) in [6, 6.07) is 17.9. The minimum absolute atomic E-state index is 0.0604. The fourth-order valence-corrected chi connectivity index (χ4v) is 5.89. The zero-order chi connectivity index (χ0) is 26.3. The number of aromatic nitrogens is 2. The molecule has 3 heterocycles. The maximum atomic E-state index is 12.6. The molecule has 7 nitrogen and oxygen atoms in total. The summed E-state index contributed by atoms with van der Waals surface area (Å²) in [6.45, 7) is 6.99. The Hall–Kier alpha value is -2.81. The number of hydrogen-bond acceptors (Lipinski definition) is 7. The molecule has 1 amide bonds. The van der Waals surface area contributed by atoms with Gasteiger partial charge < -0.3 is 19.9 Å². The summed E-state index contributed by atoms with van der Waals surface area (Å²) >= 11 is 8.03. The van der Waals surface area contributed by atoms with Gasteiger partial charge in [-0.3, -0.25) is 4.79 Å². The topological polar surface area (TPSA) is 70.6 Å². The summed E-state index contributed by atoms with van der Waals surface area (Å²) in [4.78, 5) is 27.0. The molecule has 200 valence electrons. The number of rotatable bonds is 9. The highest BCUT2D eigenvalue weighted by atomic mass is 35.5.